The predicted molar refractivity (Wildman–Crippen MR) is 99.0 cm³/mol. The maximum Gasteiger partial charge on any atom is 0.277 e. The van der Waals surface area contributed by atoms with E-state index >= 15 is 0 Å². The third-order valence-electron chi connectivity index (χ3n) is 3.61. The van der Waals surface area contributed by atoms with Crippen molar-refractivity contribution >= 4 is 23.4 Å². The molecule has 3 aromatic rings. The van der Waals surface area contributed by atoms with E-state index in [4.69, 9.17) is 8.94 Å². The van der Waals surface area contributed by atoms with Crippen LogP contribution in [0.1, 0.15) is 32.1 Å². The second-order valence-electron chi connectivity index (χ2n) is 6.86. The molecule has 0 saturated heterocycles. The van der Waals surface area contributed by atoms with E-state index in [0.29, 0.717) is 16.7 Å². The summed E-state index contributed by atoms with van der Waals surface area (Å²) < 4.78 is 10.4. The quantitative estimate of drug-likeness (QED) is 0.675. The molecule has 3 rings (SSSR count). The number of aryl methyl sites for hydroxylation is 1. The van der Waals surface area contributed by atoms with E-state index in [1.807, 2.05) is 24.3 Å². The van der Waals surface area contributed by atoms with Gasteiger partial charge in [0.25, 0.3) is 11.1 Å². The van der Waals surface area contributed by atoms with Crippen LogP contribution in [0.3, 0.4) is 0 Å². The molecule has 0 spiro atoms. The van der Waals surface area contributed by atoms with E-state index in [-0.39, 0.29) is 23.0 Å². The average Bonchev–Trinajstić information content (AvgIpc) is 3.21. The number of thioether (sulfide) groups is 1. The van der Waals surface area contributed by atoms with Crippen molar-refractivity contribution < 1.29 is 13.7 Å². The second kappa shape index (κ2) is 7.33. The molecule has 0 fully saturated rings. The Morgan fingerprint density at radius 2 is 1.92 bits per heavy atom. The number of amides is 1. The largest absolute Gasteiger partial charge is 0.409 e. The van der Waals surface area contributed by atoms with Crippen LogP contribution in [0, 0.1) is 6.92 Å². The number of hydrogen-bond acceptors (Lipinski definition) is 7. The Balaban J connectivity index is 1.54. The Morgan fingerprint density at radius 3 is 2.54 bits per heavy atom. The van der Waals surface area contributed by atoms with Gasteiger partial charge in [0.05, 0.1) is 5.75 Å². The highest BCUT2D eigenvalue weighted by molar-refractivity contribution is 7.99. The standard InChI is InChI=1S/C18H20N4O3S/c1-11-9-14(22-25-11)16-20-21-17(24-16)26-10-15(23)19-13-7-5-12(6-8-13)18(2,3)4/h5-9H,10H2,1-4H3,(H,19,23). The van der Waals surface area contributed by atoms with Crippen LogP contribution in [0.5, 0.6) is 0 Å². The van der Waals surface area contributed by atoms with Gasteiger partial charge in [-0.2, -0.15) is 0 Å². The zero-order chi connectivity index (χ0) is 18.7. The topological polar surface area (TPSA) is 94.1 Å². The highest BCUT2D eigenvalue weighted by Gasteiger charge is 2.15. The maximum atomic E-state index is 12.1. The molecule has 7 nitrogen and oxygen atoms in total. The van der Waals surface area contributed by atoms with E-state index in [9.17, 15) is 4.79 Å². The fourth-order valence-corrected chi connectivity index (χ4v) is 2.78. The lowest BCUT2D eigenvalue weighted by atomic mass is 9.87. The highest BCUT2D eigenvalue weighted by atomic mass is 32.2. The van der Waals surface area contributed by atoms with Gasteiger partial charge in [-0.15, -0.1) is 10.2 Å². The number of carbonyl (C=O) groups excluding carboxylic acids is 1. The third kappa shape index (κ3) is 4.51. The molecule has 0 unspecified atom stereocenters. The van der Waals surface area contributed by atoms with Crippen molar-refractivity contribution in [2.75, 3.05) is 11.1 Å². The van der Waals surface area contributed by atoms with Gasteiger partial charge in [0.1, 0.15) is 5.76 Å². The number of benzene rings is 1. The SMILES string of the molecule is Cc1cc(-c2nnc(SCC(=O)Nc3ccc(C(C)(C)C)cc3)o2)no1. The van der Waals surface area contributed by atoms with Gasteiger partial charge in [0, 0.05) is 11.8 Å². The van der Waals surface area contributed by atoms with Crippen LogP contribution in [0.2, 0.25) is 0 Å². The van der Waals surface area contributed by atoms with Crippen LogP contribution >= 0.6 is 11.8 Å². The number of nitrogens with one attached hydrogen (secondary N) is 1. The van der Waals surface area contributed by atoms with E-state index in [2.05, 4.69) is 41.4 Å². The molecule has 2 aromatic heterocycles. The smallest absolute Gasteiger partial charge is 0.277 e. The van der Waals surface area contributed by atoms with Gasteiger partial charge in [0.15, 0.2) is 5.69 Å². The summed E-state index contributed by atoms with van der Waals surface area (Å²) in [6.07, 6.45) is 0. The monoisotopic (exact) mass is 372 g/mol. The minimum Gasteiger partial charge on any atom is -0.409 e. The number of aromatic nitrogens is 3. The van der Waals surface area contributed by atoms with Crippen molar-refractivity contribution in [3.63, 3.8) is 0 Å². The highest BCUT2D eigenvalue weighted by Crippen LogP contribution is 2.25. The van der Waals surface area contributed by atoms with Crippen molar-refractivity contribution in [1.82, 2.24) is 15.4 Å². The first-order valence-corrected chi connectivity index (χ1v) is 9.10. The van der Waals surface area contributed by atoms with Crippen LogP contribution < -0.4 is 5.32 Å². The first kappa shape index (κ1) is 18.2. The molecule has 0 radical (unpaired) electrons. The normalized spacial score (nSPS) is 11.5. The van der Waals surface area contributed by atoms with Gasteiger partial charge < -0.3 is 14.3 Å². The summed E-state index contributed by atoms with van der Waals surface area (Å²) in [5.41, 5.74) is 2.53. The van der Waals surface area contributed by atoms with E-state index in [0.717, 1.165) is 5.69 Å². The third-order valence-corrected chi connectivity index (χ3v) is 4.43. The van der Waals surface area contributed by atoms with Crippen LogP contribution in [-0.4, -0.2) is 27.0 Å². The Bertz CT molecular complexity index is 894. The van der Waals surface area contributed by atoms with Gasteiger partial charge >= 0.3 is 0 Å². The zero-order valence-electron chi connectivity index (χ0n) is 15.1. The fraction of sp³-hybridized carbons (Fsp3) is 0.333. The Morgan fingerprint density at radius 1 is 1.19 bits per heavy atom. The molecule has 0 aliphatic heterocycles. The van der Waals surface area contributed by atoms with Crippen LogP contribution in [0.15, 0.2) is 44.5 Å². The van der Waals surface area contributed by atoms with Gasteiger partial charge in [-0.3, -0.25) is 4.79 Å². The van der Waals surface area contributed by atoms with Gasteiger partial charge in [0.2, 0.25) is 5.91 Å². The summed E-state index contributed by atoms with van der Waals surface area (Å²) in [6, 6.07) is 9.55. The predicted octanol–water partition coefficient (Wildman–Crippen LogP) is 4.06. The molecule has 136 valence electrons. The number of rotatable bonds is 5. The van der Waals surface area contributed by atoms with Crippen molar-refractivity contribution in [3.05, 3.63) is 41.7 Å². The van der Waals surface area contributed by atoms with Gasteiger partial charge in [-0.1, -0.05) is 49.8 Å². The number of anilines is 1. The summed E-state index contributed by atoms with van der Waals surface area (Å²) in [5, 5.41) is 14.8. The molecule has 0 saturated carbocycles. The number of nitrogens with zero attached hydrogens (tertiary/aromatic N) is 3. The average molecular weight is 372 g/mol. The summed E-state index contributed by atoms with van der Waals surface area (Å²) in [6.45, 7) is 8.23. The van der Waals surface area contributed by atoms with E-state index in [1.54, 1.807) is 13.0 Å². The van der Waals surface area contributed by atoms with Gasteiger partial charge in [-0.05, 0) is 30.0 Å². The number of carbonyl (C=O) groups is 1. The molecule has 1 aromatic carbocycles. The number of hydrogen-bond donors (Lipinski definition) is 1. The molecule has 1 amide bonds. The minimum atomic E-state index is -0.143. The molecular weight excluding hydrogens is 352 g/mol. The molecule has 0 atom stereocenters. The first-order valence-electron chi connectivity index (χ1n) is 8.11. The second-order valence-corrected chi connectivity index (χ2v) is 7.79. The lowest BCUT2D eigenvalue weighted by Gasteiger charge is -2.19. The van der Waals surface area contributed by atoms with Crippen molar-refractivity contribution in [1.29, 1.82) is 0 Å². The van der Waals surface area contributed by atoms with Crippen LogP contribution in [0.25, 0.3) is 11.6 Å². The molecule has 0 bridgehead atoms. The minimum absolute atomic E-state index is 0.0798. The maximum absolute atomic E-state index is 12.1. The Kier molecular flexibility index (Phi) is 5.13. The molecule has 1 N–H and O–H groups in total. The van der Waals surface area contributed by atoms with Crippen LogP contribution in [-0.2, 0) is 10.2 Å². The first-order chi connectivity index (χ1) is 12.3. The summed E-state index contributed by atoms with van der Waals surface area (Å²) >= 11 is 1.17. The Labute approximate surface area is 155 Å². The molecule has 26 heavy (non-hydrogen) atoms. The lowest BCUT2D eigenvalue weighted by molar-refractivity contribution is -0.113. The van der Waals surface area contributed by atoms with E-state index in [1.165, 1.54) is 17.3 Å². The van der Waals surface area contributed by atoms with Crippen molar-refractivity contribution in [3.8, 4) is 11.6 Å². The Hall–Kier alpha value is -2.61. The van der Waals surface area contributed by atoms with Crippen molar-refractivity contribution in [2.24, 2.45) is 0 Å². The fourth-order valence-electron chi connectivity index (χ4n) is 2.22. The molecule has 2 heterocycles. The molecule has 8 heteroatoms. The van der Waals surface area contributed by atoms with E-state index < -0.39 is 0 Å². The van der Waals surface area contributed by atoms with Gasteiger partial charge in [-0.25, -0.2) is 0 Å². The summed E-state index contributed by atoms with van der Waals surface area (Å²) in [4.78, 5) is 12.1. The molecular formula is C18H20N4O3S. The molecule has 0 aliphatic rings. The summed E-state index contributed by atoms with van der Waals surface area (Å²) in [7, 11) is 0. The van der Waals surface area contributed by atoms with Crippen LogP contribution in [0.4, 0.5) is 5.69 Å². The lowest BCUT2D eigenvalue weighted by Crippen LogP contribution is -2.15. The van der Waals surface area contributed by atoms with Crippen molar-refractivity contribution in [2.45, 2.75) is 38.3 Å². The summed E-state index contributed by atoms with van der Waals surface area (Å²) in [5.74, 6) is 0.947. The molecule has 0 aliphatic carbocycles. The zero-order valence-corrected chi connectivity index (χ0v) is 15.9.